The van der Waals surface area contributed by atoms with Gasteiger partial charge in [-0.25, -0.2) is 15.0 Å². The van der Waals surface area contributed by atoms with Crippen LogP contribution >= 0.6 is 11.6 Å². The zero-order valence-corrected chi connectivity index (χ0v) is 17.0. The van der Waals surface area contributed by atoms with Gasteiger partial charge in [0.15, 0.2) is 16.6 Å². The largest absolute Gasteiger partial charge is 0.394 e. The number of aryl methyl sites for hydroxylation is 1. The first-order valence-electron chi connectivity index (χ1n) is 8.65. The normalized spacial score (nSPS) is 19.6. The lowest BCUT2D eigenvalue weighted by Gasteiger charge is -2.13. The van der Waals surface area contributed by atoms with Gasteiger partial charge in [0.25, 0.3) is 0 Å². The molecule has 0 aliphatic carbocycles. The molecular weight excluding hydrogens is 360 g/mol. The zero-order valence-electron chi connectivity index (χ0n) is 16.2. The van der Waals surface area contributed by atoms with Crippen molar-refractivity contribution in [1.82, 2.24) is 19.5 Å². The summed E-state index contributed by atoms with van der Waals surface area (Å²) >= 11 is 6.03. The Hall–Kier alpha value is -1.32. The first-order chi connectivity index (χ1) is 12.2. The van der Waals surface area contributed by atoms with Gasteiger partial charge in [-0.1, -0.05) is 25.4 Å². The number of halogens is 1. The van der Waals surface area contributed by atoms with E-state index in [2.05, 4.69) is 19.7 Å². The Morgan fingerprint density at radius 2 is 1.96 bits per heavy atom. The van der Waals surface area contributed by atoms with E-state index in [1.807, 2.05) is 18.4 Å². The lowest BCUT2D eigenvalue weighted by molar-refractivity contribution is -0.155. The molecule has 1 saturated heterocycles. The van der Waals surface area contributed by atoms with Crippen LogP contribution in [0, 0.1) is 6.92 Å². The minimum absolute atomic E-state index is 0.0396. The van der Waals surface area contributed by atoms with Gasteiger partial charge in [-0.15, -0.1) is 0 Å². The van der Waals surface area contributed by atoms with E-state index in [0.717, 1.165) is 12.8 Å². The van der Waals surface area contributed by atoms with Crippen LogP contribution in [-0.4, -0.2) is 55.3 Å². The van der Waals surface area contributed by atoms with Crippen molar-refractivity contribution in [3.63, 3.8) is 0 Å². The average molecular weight is 389 g/mol. The number of aliphatic hydroxyl groups excluding tert-OH is 1. The molecule has 3 rings (SSSR count). The summed E-state index contributed by atoms with van der Waals surface area (Å²) in [7, 11) is 1.46. The lowest BCUT2D eigenvalue weighted by atomic mass is 10.2. The number of ether oxygens (including phenoxy) is 2. The smallest absolute Gasteiger partial charge is 0.167 e. The van der Waals surface area contributed by atoms with Gasteiger partial charge < -0.3 is 19.7 Å². The predicted octanol–water partition coefficient (Wildman–Crippen LogP) is 2.85. The van der Waals surface area contributed by atoms with E-state index in [4.69, 9.17) is 26.6 Å². The van der Waals surface area contributed by atoms with Crippen LogP contribution in [0.5, 0.6) is 0 Å². The molecule has 1 fully saturated rings. The highest BCUT2D eigenvalue weighted by Crippen LogP contribution is 2.31. The summed E-state index contributed by atoms with van der Waals surface area (Å²) in [6.07, 6.45) is 3.08. The Kier molecular flexibility index (Phi) is 8.85. The highest BCUT2D eigenvalue weighted by atomic mass is 35.5. The second-order valence-corrected chi connectivity index (χ2v) is 6.37. The van der Waals surface area contributed by atoms with E-state index < -0.39 is 5.79 Å². The Morgan fingerprint density at radius 3 is 2.46 bits per heavy atom. The van der Waals surface area contributed by atoms with Crippen molar-refractivity contribution in [2.45, 2.75) is 65.6 Å². The molecule has 0 saturated carbocycles. The van der Waals surface area contributed by atoms with E-state index in [1.165, 1.54) is 7.11 Å². The molecule has 2 aromatic rings. The van der Waals surface area contributed by atoms with E-state index in [9.17, 15) is 0 Å². The Labute approximate surface area is 159 Å². The minimum atomic E-state index is -0.958. The third-order valence-corrected chi connectivity index (χ3v) is 3.85. The molecule has 2 N–H and O–H groups in total. The molecule has 26 heavy (non-hydrogen) atoms. The summed E-state index contributed by atoms with van der Waals surface area (Å²) in [4.78, 5) is 12.6. The molecule has 2 unspecified atom stereocenters. The van der Waals surface area contributed by atoms with E-state index >= 15 is 0 Å². The lowest BCUT2D eigenvalue weighted by Crippen LogP contribution is -2.20. The number of aliphatic hydroxyl groups is 2. The molecule has 2 aromatic heterocycles. The standard InChI is InChI=1S/C11H13ClN4O2.C4H10O2.C2H6/c1-6-14-10(12)9-11(15-6)16(5-13-9)8-3-2-7(4-17)18-8;1-4(2,5)6-3;1-2/h5,7-8,17H,2-4H2,1H3;5H,1-3H3;1-2H3. The van der Waals surface area contributed by atoms with Gasteiger partial charge in [0.2, 0.25) is 0 Å². The van der Waals surface area contributed by atoms with Crippen LogP contribution in [-0.2, 0) is 9.47 Å². The van der Waals surface area contributed by atoms with Crippen molar-refractivity contribution in [3.05, 3.63) is 17.3 Å². The van der Waals surface area contributed by atoms with Gasteiger partial charge in [-0.3, -0.25) is 4.57 Å². The molecule has 1 aliphatic heterocycles. The van der Waals surface area contributed by atoms with Gasteiger partial charge in [-0.2, -0.15) is 0 Å². The number of fused-ring (bicyclic) bond motifs is 1. The third-order valence-electron chi connectivity index (χ3n) is 3.59. The minimum Gasteiger partial charge on any atom is -0.394 e. The summed E-state index contributed by atoms with van der Waals surface area (Å²) in [5.74, 6) is -0.356. The number of aromatic nitrogens is 4. The Balaban J connectivity index is 0.000000363. The molecule has 0 radical (unpaired) electrons. The third kappa shape index (κ3) is 6.14. The molecule has 0 bridgehead atoms. The fourth-order valence-corrected chi connectivity index (χ4v) is 2.48. The van der Waals surface area contributed by atoms with Crippen molar-refractivity contribution < 1.29 is 19.7 Å². The maximum absolute atomic E-state index is 9.09. The predicted molar refractivity (Wildman–Crippen MR) is 100.0 cm³/mol. The molecule has 9 heteroatoms. The zero-order chi connectivity index (χ0) is 19.9. The SMILES string of the molecule is CC.COC(C)(C)O.Cc1nc(Cl)c2ncn(C3CCC(CO)O3)c2n1. The number of imidazole rings is 1. The van der Waals surface area contributed by atoms with Crippen LogP contribution in [0.4, 0.5) is 0 Å². The summed E-state index contributed by atoms with van der Waals surface area (Å²) in [6, 6.07) is 0. The van der Waals surface area contributed by atoms with Crippen LogP contribution < -0.4 is 0 Å². The van der Waals surface area contributed by atoms with Gasteiger partial charge in [0.05, 0.1) is 19.0 Å². The van der Waals surface area contributed by atoms with Crippen molar-refractivity contribution in [1.29, 1.82) is 0 Å². The fourth-order valence-electron chi connectivity index (χ4n) is 2.22. The van der Waals surface area contributed by atoms with Gasteiger partial charge in [-0.05, 0) is 33.6 Å². The van der Waals surface area contributed by atoms with Crippen molar-refractivity contribution in [3.8, 4) is 0 Å². The van der Waals surface area contributed by atoms with Gasteiger partial charge in [0.1, 0.15) is 17.6 Å². The van der Waals surface area contributed by atoms with Crippen molar-refractivity contribution >= 4 is 22.8 Å². The second-order valence-electron chi connectivity index (χ2n) is 6.01. The molecule has 0 amide bonds. The second kappa shape index (κ2) is 10.1. The molecule has 0 aromatic carbocycles. The van der Waals surface area contributed by atoms with E-state index in [0.29, 0.717) is 22.1 Å². The number of hydrogen-bond donors (Lipinski definition) is 2. The number of rotatable bonds is 3. The van der Waals surface area contributed by atoms with Crippen molar-refractivity contribution in [2.75, 3.05) is 13.7 Å². The monoisotopic (exact) mass is 388 g/mol. The first kappa shape index (κ1) is 22.7. The highest BCUT2D eigenvalue weighted by Gasteiger charge is 2.27. The summed E-state index contributed by atoms with van der Waals surface area (Å²) < 4.78 is 12.1. The molecular formula is C17H29ClN4O4. The maximum Gasteiger partial charge on any atom is 0.167 e. The van der Waals surface area contributed by atoms with Crippen LogP contribution in [0.3, 0.4) is 0 Å². The quantitative estimate of drug-likeness (QED) is 0.615. The van der Waals surface area contributed by atoms with Crippen LogP contribution in [0.25, 0.3) is 11.2 Å². The summed E-state index contributed by atoms with van der Waals surface area (Å²) in [5, 5.41) is 18.0. The molecule has 1 aliphatic rings. The average Bonchev–Trinajstić information content (AvgIpc) is 3.23. The number of methoxy groups -OCH3 is 1. The molecule has 148 valence electrons. The van der Waals surface area contributed by atoms with E-state index in [-0.39, 0.29) is 18.9 Å². The van der Waals surface area contributed by atoms with Crippen molar-refractivity contribution in [2.24, 2.45) is 0 Å². The molecule has 3 heterocycles. The van der Waals surface area contributed by atoms with Crippen LogP contribution in [0.15, 0.2) is 6.33 Å². The Morgan fingerprint density at radius 1 is 1.35 bits per heavy atom. The topological polar surface area (TPSA) is 103 Å². The molecule has 8 nitrogen and oxygen atoms in total. The van der Waals surface area contributed by atoms with Gasteiger partial charge >= 0.3 is 0 Å². The number of nitrogens with zero attached hydrogens (tertiary/aromatic N) is 4. The Bertz CT molecular complexity index is 687. The highest BCUT2D eigenvalue weighted by molar-refractivity contribution is 6.33. The first-order valence-corrected chi connectivity index (χ1v) is 9.03. The molecule has 0 spiro atoms. The maximum atomic E-state index is 9.09. The summed E-state index contributed by atoms with van der Waals surface area (Å²) in [5.41, 5.74) is 1.26. The van der Waals surface area contributed by atoms with E-state index in [1.54, 1.807) is 27.1 Å². The summed E-state index contributed by atoms with van der Waals surface area (Å²) in [6.45, 7) is 8.98. The van der Waals surface area contributed by atoms with Crippen LogP contribution in [0.2, 0.25) is 5.15 Å². The fraction of sp³-hybridized carbons (Fsp3) is 0.706. The van der Waals surface area contributed by atoms with Gasteiger partial charge in [0, 0.05) is 7.11 Å². The number of hydrogen-bond acceptors (Lipinski definition) is 7. The molecule has 2 atom stereocenters. The van der Waals surface area contributed by atoms with Crippen LogP contribution in [0.1, 0.15) is 52.6 Å².